The van der Waals surface area contributed by atoms with Crippen molar-refractivity contribution in [2.45, 2.75) is 71.3 Å². The van der Waals surface area contributed by atoms with Crippen LogP contribution in [0.4, 0.5) is 0 Å². The van der Waals surface area contributed by atoms with Gasteiger partial charge in [0.15, 0.2) is 0 Å². The summed E-state index contributed by atoms with van der Waals surface area (Å²) in [6.45, 7) is 9.87. The minimum absolute atomic E-state index is 0.587. The third-order valence-corrected chi connectivity index (χ3v) is 4.74. The zero-order chi connectivity index (χ0) is 12.8. The summed E-state index contributed by atoms with van der Waals surface area (Å²) in [6.07, 6.45) is 11.2. The van der Waals surface area contributed by atoms with Crippen LogP contribution in [0.5, 0.6) is 0 Å². The van der Waals surface area contributed by atoms with Gasteiger partial charge < -0.3 is 5.32 Å². The first-order chi connectivity index (χ1) is 8.79. The van der Waals surface area contributed by atoms with Gasteiger partial charge in [-0.25, -0.2) is 0 Å². The number of piperidine rings is 1. The highest BCUT2D eigenvalue weighted by atomic mass is 15.2. The van der Waals surface area contributed by atoms with E-state index in [4.69, 9.17) is 0 Å². The van der Waals surface area contributed by atoms with Gasteiger partial charge >= 0.3 is 0 Å². The number of nitrogens with zero attached hydrogens (tertiary/aromatic N) is 1. The molecule has 1 saturated carbocycles. The van der Waals surface area contributed by atoms with Crippen LogP contribution in [0, 0.1) is 5.41 Å². The van der Waals surface area contributed by atoms with Crippen molar-refractivity contribution >= 4 is 0 Å². The molecule has 0 radical (unpaired) electrons. The number of unbranched alkanes of at least 4 members (excludes halogenated alkanes) is 1. The highest BCUT2D eigenvalue weighted by molar-refractivity contribution is 4.93. The molecule has 1 saturated heterocycles. The van der Waals surface area contributed by atoms with Gasteiger partial charge in [-0.2, -0.15) is 0 Å². The summed E-state index contributed by atoms with van der Waals surface area (Å²) in [5, 5.41) is 3.65. The van der Waals surface area contributed by atoms with Gasteiger partial charge in [0.2, 0.25) is 0 Å². The van der Waals surface area contributed by atoms with E-state index in [9.17, 15) is 0 Å². The molecule has 0 aromatic heterocycles. The Labute approximate surface area is 114 Å². The SMILES string of the molecule is CCCCN(CC1(CCC)CCCNC1)C1CC1. The van der Waals surface area contributed by atoms with E-state index >= 15 is 0 Å². The van der Waals surface area contributed by atoms with Gasteiger partial charge in [0, 0.05) is 19.1 Å². The van der Waals surface area contributed by atoms with Crippen molar-refractivity contribution in [2.75, 3.05) is 26.2 Å². The van der Waals surface area contributed by atoms with E-state index in [2.05, 4.69) is 24.1 Å². The fraction of sp³-hybridized carbons (Fsp3) is 1.00. The lowest BCUT2D eigenvalue weighted by Crippen LogP contribution is -2.48. The zero-order valence-electron chi connectivity index (χ0n) is 12.5. The predicted molar refractivity (Wildman–Crippen MR) is 78.9 cm³/mol. The molecule has 2 aliphatic rings. The lowest BCUT2D eigenvalue weighted by molar-refractivity contribution is 0.0997. The zero-order valence-corrected chi connectivity index (χ0v) is 12.5. The minimum Gasteiger partial charge on any atom is -0.316 e. The first-order valence-corrected chi connectivity index (χ1v) is 8.24. The smallest absolute Gasteiger partial charge is 0.00966 e. The minimum atomic E-state index is 0.587. The topological polar surface area (TPSA) is 15.3 Å². The Morgan fingerprint density at radius 2 is 2.06 bits per heavy atom. The number of hydrogen-bond acceptors (Lipinski definition) is 2. The van der Waals surface area contributed by atoms with Gasteiger partial charge in [-0.3, -0.25) is 4.90 Å². The highest BCUT2D eigenvalue weighted by Crippen LogP contribution is 2.36. The fourth-order valence-electron chi connectivity index (χ4n) is 3.61. The average molecular weight is 252 g/mol. The second-order valence-electron chi connectivity index (χ2n) is 6.59. The predicted octanol–water partition coefficient (Wildman–Crippen LogP) is 3.42. The molecule has 106 valence electrons. The number of nitrogens with one attached hydrogen (secondary N) is 1. The number of hydrogen-bond donors (Lipinski definition) is 1. The van der Waals surface area contributed by atoms with Crippen LogP contribution in [0.2, 0.25) is 0 Å². The largest absolute Gasteiger partial charge is 0.316 e. The lowest BCUT2D eigenvalue weighted by atomic mass is 9.76. The van der Waals surface area contributed by atoms with Gasteiger partial charge in [-0.15, -0.1) is 0 Å². The molecule has 1 N–H and O–H groups in total. The van der Waals surface area contributed by atoms with Crippen LogP contribution in [0.25, 0.3) is 0 Å². The molecule has 1 aliphatic carbocycles. The van der Waals surface area contributed by atoms with Crippen LogP contribution in [0.1, 0.15) is 65.2 Å². The molecular formula is C16H32N2. The molecule has 2 heteroatoms. The molecule has 2 rings (SSSR count). The van der Waals surface area contributed by atoms with Gasteiger partial charge in [-0.1, -0.05) is 26.7 Å². The maximum atomic E-state index is 3.65. The summed E-state index contributed by atoms with van der Waals surface area (Å²) in [5.74, 6) is 0. The molecule has 1 atom stereocenters. The Morgan fingerprint density at radius 3 is 2.61 bits per heavy atom. The molecule has 0 aromatic carbocycles. The van der Waals surface area contributed by atoms with Gasteiger partial charge in [-0.05, 0) is 57.0 Å². The summed E-state index contributed by atoms with van der Waals surface area (Å²) in [4.78, 5) is 2.83. The van der Waals surface area contributed by atoms with Crippen LogP contribution in [0.15, 0.2) is 0 Å². The average Bonchev–Trinajstić information content (AvgIpc) is 3.20. The van der Waals surface area contributed by atoms with Gasteiger partial charge in [0.05, 0.1) is 0 Å². The molecule has 0 amide bonds. The summed E-state index contributed by atoms with van der Waals surface area (Å²) in [7, 11) is 0. The highest BCUT2D eigenvalue weighted by Gasteiger charge is 2.37. The summed E-state index contributed by atoms with van der Waals surface area (Å²) < 4.78 is 0. The van der Waals surface area contributed by atoms with E-state index in [-0.39, 0.29) is 0 Å². The lowest BCUT2D eigenvalue weighted by Gasteiger charge is -2.42. The molecule has 0 aromatic rings. The normalized spacial score (nSPS) is 28.8. The first-order valence-electron chi connectivity index (χ1n) is 8.24. The second-order valence-corrected chi connectivity index (χ2v) is 6.59. The van der Waals surface area contributed by atoms with Crippen molar-refractivity contribution in [3.63, 3.8) is 0 Å². The molecule has 0 bridgehead atoms. The maximum Gasteiger partial charge on any atom is 0.00966 e. The van der Waals surface area contributed by atoms with Crippen LogP contribution < -0.4 is 5.32 Å². The van der Waals surface area contributed by atoms with Gasteiger partial charge in [0.1, 0.15) is 0 Å². The van der Waals surface area contributed by atoms with Crippen molar-refractivity contribution in [2.24, 2.45) is 5.41 Å². The molecule has 1 heterocycles. The van der Waals surface area contributed by atoms with Crippen molar-refractivity contribution in [1.82, 2.24) is 10.2 Å². The Hall–Kier alpha value is -0.0800. The Bertz CT molecular complexity index is 224. The van der Waals surface area contributed by atoms with Crippen LogP contribution in [-0.2, 0) is 0 Å². The van der Waals surface area contributed by atoms with E-state index in [1.165, 1.54) is 77.5 Å². The van der Waals surface area contributed by atoms with Crippen molar-refractivity contribution in [1.29, 1.82) is 0 Å². The van der Waals surface area contributed by atoms with E-state index in [1.54, 1.807) is 0 Å². The standard InChI is InChI=1S/C16H32N2/c1-3-5-12-18(15-7-8-15)14-16(9-4-2)10-6-11-17-13-16/h15,17H,3-14H2,1-2H3. The van der Waals surface area contributed by atoms with Crippen LogP contribution in [0.3, 0.4) is 0 Å². The Kier molecular flexibility index (Phi) is 5.50. The third kappa shape index (κ3) is 3.96. The third-order valence-electron chi connectivity index (χ3n) is 4.74. The van der Waals surface area contributed by atoms with Crippen LogP contribution in [-0.4, -0.2) is 37.1 Å². The van der Waals surface area contributed by atoms with Crippen LogP contribution >= 0.6 is 0 Å². The summed E-state index contributed by atoms with van der Waals surface area (Å²) >= 11 is 0. The van der Waals surface area contributed by atoms with Crippen molar-refractivity contribution < 1.29 is 0 Å². The van der Waals surface area contributed by atoms with Gasteiger partial charge in [0.25, 0.3) is 0 Å². The Balaban J connectivity index is 1.91. The Morgan fingerprint density at radius 1 is 1.22 bits per heavy atom. The molecular weight excluding hydrogens is 220 g/mol. The molecule has 2 nitrogen and oxygen atoms in total. The fourth-order valence-corrected chi connectivity index (χ4v) is 3.61. The number of rotatable bonds is 8. The van der Waals surface area contributed by atoms with E-state index in [0.717, 1.165) is 6.04 Å². The molecule has 18 heavy (non-hydrogen) atoms. The molecule has 1 aliphatic heterocycles. The van der Waals surface area contributed by atoms with E-state index in [1.807, 2.05) is 0 Å². The quantitative estimate of drug-likeness (QED) is 0.712. The van der Waals surface area contributed by atoms with Crippen molar-refractivity contribution in [3.05, 3.63) is 0 Å². The van der Waals surface area contributed by atoms with E-state index < -0.39 is 0 Å². The summed E-state index contributed by atoms with van der Waals surface area (Å²) in [5.41, 5.74) is 0.587. The first kappa shape index (κ1) is 14.3. The van der Waals surface area contributed by atoms with E-state index in [0.29, 0.717) is 5.41 Å². The summed E-state index contributed by atoms with van der Waals surface area (Å²) in [6, 6.07) is 0.937. The molecule has 2 fully saturated rings. The molecule has 1 unspecified atom stereocenters. The monoisotopic (exact) mass is 252 g/mol. The molecule has 0 spiro atoms. The van der Waals surface area contributed by atoms with Crippen molar-refractivity contribution in [3.8, 4) is 0 Å². The maximum absolute atomic E-state index is 3.65. The second kappa shape index (κ2) is 6.91.